The molecule has 27 heavy (non-hydrogen) atoms. The molecular formula is C21H30FN3OS. The molecule has 2 aromatic rings. The lowest BCUT2D eigenvalue weighted by Gasteiger charge is -2.15. The van der Waals surface area contributed by atoms with E-state index in [1.54, 1.807) is 18.3 Å². The number of amides is 1. The van der Waals surface area contributed by atoms with Crippen molar-refractivity contribution in [2.75, 3.05) is 0 Å². The maximum Gasteiger partial charge on any atom is 0.233 e. The number of nitrogens with one attached hydrogen (secondary N) is 1. The Kier molecular flexibility index (Phi) is 8.35. The first-order valence-electron chi connectivity index (χ1n) is 9.64. The number of hydrogen-bond donors (Lipinski definition) is 2. The summed E-state index contributed by atoms with van der Waals surface area (Å²) < 4.78 is 15.6. The average molecular weight is 392 g/mol. The number of carbonyl (C=O) groups is 1. The van der Waals surface area contributed by atoms with E-state index >= 15 is 0 Å². The van der Waals surface area contributed by atoms with Gasteiger partial charge in [0.05, 0.1) is 23.7 Å². The predicted molar refractivity (Wildman–Crippen MR) is 110 cm³/mol. The van der Waals surface area contributed by atoms with Gasteiger partial charge in [-0.05, 0) is 36.5 Å². The van der Waals surface area contributed by atoms with Gasteiger partial charge in [-0.1, -0.05) is 39.3 Å². The van der Waals surface area contributed by atoms with E-state index < -0.39 is 0 Å². The van der Waals surface area contributed by atoms with Crippen LogP contribution in [0.2, 0.25) is 0 Å². The third-order valence-corrected chi connectivity index (χ3v) is 4.89. The van der Waals surface area contributed by atoms with Crippen LogP contribution in [0, 0.1) is 11.7 Å². The van der Waals surface area contributed by atoms with Gasteiger partial charge in [-0.3, -0.25) is 4.79 Å². The molecule has 148 valence electrons. The maximum atomic E-state index is 13.6. The summed E-state index contributed by atoms with van der Waals surface area (Å²) in [5, 5.41) is 2.65. The van der Waals surface area contributed by atoms with Crippen LogP contribution in [0.1, 0.15) is 57.1 Å². The number of nitrogens with zero attached hydrogens (tertiary/aromatic N) is 2. The van der Waals surface area contributed by atoms with Gasteiger partial charge in [-0.25, -0.2) is 9.37 Å². The fourth-order valence-electron chi connectivity index (χ4n) is 2.99. The van der Waals surface area contributed by atoms with Gasteiger partial charge < -0.3 is 9.88 Å². The van der Waals surface area contributed by atoms with Gasteiger partial charge >= 0.3 is 0 Å². The molecule has 0 aliphatic rings. The number of carbonyl (C=O) groups excluding carboxylic acids is 1. The van der Waals surface area contributed by atoms with E-state index in [4.69, 9.17) is 0 Å². The number of halogens is 1. The number of unbranched alkanes of at least 4 members (excludes halogenated alkanes) is 1. The van der Waals surface area contributed by atoms with E-state index in [-0.39, 0.29) is 17.0 Å². The molecule has 0 fully saturated rings. The summed E-state index contributed by atoms with van der Waals surface area (Å²) >= 11 is 4.40. The molecule has 4 nitrogen and oxygen atoms in total. The Bertz CT molecular complexity index is 745. The highest BCUT2D eigenvalue weighted by Crippen LogP contribution is 2.15. The SMILES string of the molecule is CCCCc1ncc(CNC(=O)C(S)CC(C)C)n1Cc1cccc(F)c1. The third kappa shape index (κ3) is 6.69. The quantitative estimate of drug-likeness (QED) is 0.591. The molecule has 1 amide bonds. The second-order valence-corrected chi connectivity index (χ2v) is 7.97. The Morgan fingerprint density at radius 1 is 1.37 bits per heavy atom. The summed E-state index contributed by atoms with van der Waals surface area (Å²) in [6.07, 6.45) is 5.52. The molecule has 1 atom stereocenters. The molecule has 0 saturated carbocycles. The van der Waals surface area contributed by atoms with Gasteiger partial charge in [-0.15, -0.1) is 0 Å². The molecule has 0 aliphatic heterocycles. The van der Waals surface area contributed by atoms with Gasteiger partial charge in [-0.2, -0.15) is 12.6 Å². The van der Waals surface area contributed by atoms with Crippen molar-refractivity contribution in [2.24, 2.45) is 5.92 Å². The summed E-state index contributed by atoms with van der Waals surface area (Å²) in [5.41, 5.74) is 1.80. The minimum absolute atomic E-state index is 0.0688. The molecule has 1 heterocycles. The lowest BCUT2D eigenvalue weighted by molar-refractivity contribution is -0.121. The predicted octanol–water partition coefficient (Wildman–Crippen LogP) is 4.37. The van der Waals surface area contributed by atoms with Gasteiger partial charge in [0.1, 0.15) is 11.6 Å². The fourth-order valence-corrected chi connectivity index (χ4v) is 3.50. The second kappa shape index (κ2) is 10.5. The van der Waals surface area contributed by atoms with Crippen LogP contribution in [-0.2, 0) is 24.3 Å². The van der Waals surface area contributed by atoms with Crippen molar-refractivity contribution < 1.29 is 9.18 Å². The first-order chi connectivity index (χ1) is 12.9. The van der Waals surface area contributed by atoms with Crippen molar-refractivity contribution in [3.8, 4) is 0 Å². The smallest absolute Gasteiger partial charge is 0.233 e. The largest absolute Gasteiger partial charge is 0.350 e. The number of hydrogen-bond acceptors (Lipinski definition) is 3. The molecule has 1 aromatic heterocycles. The van der Waals surface area contributed by atoms with Gasteiger partial charge in [0.15, 0.2) is 0 Å². The second-order valence-electron chi connectivity index (χ2n) is 7.35. The topological polar surface area (TPSA) is 46.9 Å². The molecular weight excluding hydrogens is 361 g/mol. The maximum absolute atomic E-state index is 13.6. The summed E-state index contributed by atoms with van der Waals surface area (Å²) in [5.74, 6) is 1.07. The number of benzene rings is 1. The fraction of sp³-hybridized carbons (Fsp3) is 0.524. The van der Waals surface area contributed by atoms with Gasteiger partial charge in [0, 0.05) is 13.0 Å². The molecule has 0 bridgehead atoms. The van der Waals surface area contributed by atoms with E-state index in [2.05, 4.69) is 48.3 Å². The van der Waals surface area contributed by atoms with Crippen LogP contribution in [0.4, 0.5) is 4.39 Å². The van der Waals surface area contributed by atoms with E-state index in [0.717, 1.165) is 42.8 Å². The Morgan fingerprint density at radius 3 is 2.81 bits per heavy atom. The Balaban J connectivity index is 2.13. The van der Waals surface area contributed by atoms with Crippen LogP contribution in [0.15, 0.2) is 30.5 Å². The number of thiol groups is 1. The zero-order valence-corrected chi connectivity index (χ0v) is 17.3. The Labute approximate surface area is 167 Å². The lowest BCUT2D eigenvalue weighted by Crippen LogP contribution is -2.32. The van der Waals surface area contributed by atoms with E-state index in [1.165, 1.54) is 6.07 Å². The molecule has 1 N–H and O–H groups in total. The van der Waals surface area contributed by atoms with Crippen LogP contribution < -0.4 is 5.32 Å². The van der Waals surface area contributed by atoms with Crippen molar-refractivity contribution >= 4 is 18.5 Å². The number of aryl methyl sites for hydroxylation is 1. The highest BCUT2D eigenvalue weighted by atomic mass is 32.1. The molecule has 0 radical (unpaired) electrons. The van der Waals surface area contributed by atoms with Crippen LogP contribution in [0.25, 0.3) is 0 Å². The highest BCUT2D eigenvalue weighted by molar-refractivity contribution is 7.81. The number of aromatic nitrogens is 2. The number of rotatable bonds is 10. The van der Waals surface area contributed by atoms with Crippen LogP contribution in [0.3, 0.4) is 0 Å². The molecule has 6 heteroatoms. The number of imidazole rings is 1. The third-order valence-electron chi connectivity index (χ3n) is 4.45. The highest BCUT2D eigenvalue weighted by Gasteiger charge is 2.17. The first kappa shape index (κ1) is 21.5. The average Bonchev–Trinajstić information content (AvgIpc) is 2.99. The monoisotopic (exact) mass is 391 g/mol. The van der Waals surface area contributed by atoms with E-state index in [9.17, 15) is 9.18 Å². The van der Waals surface area contributed by atoms with Crippen molar-refractivity contribution in [1.29, 1.82) is 0 Å². The summed E-state index contributed by atoms with van der Waals surface area (Å²) in [6.45, 7) is 7.22. The zero-order valence-electron chi connectivity index (χ0n) is 16.4. The summed E-state index contributed by atoms with van der Waals surface area (Å²) in [7, 11) is 0. The minimum Gasteiger partial charge on any atom is -0.350 e. The van der Waals surface area contributed by atoms with Crippen LogP contribution in [0.5, 0.6) is 0 Å². The standard InChI is InChI=1S/C21H30FN3OS/c1-4-5-9-20-23-12-18(13-24-21(26)19(27)10-15(2)3)25(20)14-16-7-6-8-17(22)11-16/h6-8,11-12,15,19,27H,4-5,9-10,13-14H2,1-3H3,(H,24,26). The molecule has 1 aromatic carbocycles. The van der Waals surface area contributed by atoms with E-state index in [0.29, 0.717) is 19.0 Å². The lowest BCUT2D eigenvalue weighted by atomic mass is 10.1. The molecule has 2 rings (SSSR count). The Hall–Kier alpha value is -1.82. The van der Waals surface area contributed by atoms with Crippen LogP contribution >= 0.6 is 12.6 Å². The van der Waals surface area contributed by atoms with Crippen LogP contribution in [-0.4, -0.2) is 20.7 Å². The minimum atomic E-state index is -0.316. The van der Waals surface area contributed by atoms with Gasteiger partial charge in [0.2, 0.25) is 5.91 Å². The molecule has 1 unspecified atom stereocenters. The first-order valence-corrected chi connectivity index (χ1v) is 10.2. The van der Waals surface area contributed by atoms with Crippen molar-refractivity contribution in [3.05, 3.63) is 53.4 Å². The summed E-state index contributed by atoms with van der Waals surface area (Å²) in [4.78, 5) is 16.8. The molecule has 0 aliphatic carbocycles. The zero-order chi connectivity index (χ0) is 19.8. The van der Waals surface area contributed by atoms with Crippen molar-refractivity contribution in [3.63, 3.8) is 0 Å². The van der Waals surface area contributed by atoms with Gasteiger partial charge in [0.25, 0.3) is 0 Å². The normalized spacial score (nSPS) is 12.4. The molecule has 0 saturated heterocycles. The Morgan fingerprint density at radius 2 is 2.15 bits per heavy atom. The molecule has 0 spiro atoms. The van der Waals surface area contributed by atoms with E-state index in [1.807, 2.05) is 6.07 Å². The van der Waals surface area contributed by atoms with Crippen molar-refractivity contribution in [1.82, 2.24) is 14.9 Å². The summed E-state index contributed by atoms with van der Waals surface area (Å²) in [6, 6.07) is 6.60. The van der Waals surface area contributed by atoms with Crippen molar-refractivity contribution in [2.45, 2.75) is 64.8 Å².